The largest absolute Gasteiger partial charge is 0.356 e. The van der Waals surface area contributed by atoms with Crippen LogP contribution in [0.25, 0.3) is 0 Å². The van der Waals surface area contributed by atoms with E-state index in [1.807, 2.05) is 32.0 Å². The molecule has 5 nitrogen and oxygen atoms in total. The van der Waals surface area contributed by atoms with Crippen LogP contribution in [0.2, 0.25) is 0 Å². The summed E-state index contributed by atoms with van der Waals surface area (Å²) in [5, 5.41) is 2.86. The number of nitrogens with zero attached hydrogens (tertiary/aromatic N) is 1. The number of hydrogen-bond acceptors (Lipinski definition) is 3. The Hall–Kier alpha value is -1.40. The zero-order valence-corrected chi connectivity index (χ0v) is 14.5. The van der Waals surface area contributed by atoms with Gasteiger partial charge in [-0.2, -0.15) is 0 Å². The van der Waals surface area contributed by atoms with Crippen molar-refractivity contribution in [1.82, 2.24) is 5.32 Å². The van der Waals surface area contributed by atoms with E-state index < -0.39 is 0 Å². The van der Waals surface area contributed by atoms with Crippen LogP contribution in [0.3, 0.4) is 0 Å². The van der Waals surface area contributed by atoms with E-state index in [0.29, 0.717) is 13.1 Å². The van der Waals surface area contributed by atoms with Gasteiger partial charge in [0, 0.05) is 35.7 Å². The molecule has 0 aliphatic carbocycles. The summed E-state index contributed by atoms with van der Waals surface area (Å²) >= 11 is 3.45. The number of anilines is 1. The number of halogens is 1. The lowest BCUT2D eigenvalue weighted by atomic mass is 10.1. The van der Waals surface area contributed by atoms with Gasteiger partial charge in [-0.3, -0.25) is 9.59 Å². The predicted octanol–water partition coefficient (Wildman–Crippen LogP) is 1.96. The lowest BCUT2D eigenvalue weighted by Crippen LogP contribution is -2.35. The zero-order chi connectivity index (χ0) is 16.3. The fourth-order valence-electron chi connectivity index (χ4n) is 2.50. The summed E-state index contributed by atoms with van der Waals surface area (Å²) in [7, 11) is 0. The van der Waals surface area contributed by atoms with Crippen molar-refractivity contribution in [3.8, 4) is 0 Å². The van der Waals surface area contributed by atoms with Gasteiger partial charge in [-0.1, -0.05) is 15.9 Å². The molecule has 120 valence electrons. The van der Waals surface area contributed by atoms with E-state index in [1.54, 1.807) is 4.90 Å². The first-order valence-electron chi connectivity index (χ1n) is 7.48. The van der Waals surface area contributed by atoms with Gasteiger partial charge in [0.25, 0.3) is 0 Å². The number of hydrogen-bond donors (Lipinski definition) is 2. The number of nitrogens with one attached hydrogen (secondary N) is 1. The normalized spacial score (nSPS) is 19.4. The summed E-state index contributed by atoms with van der Waals surface area (Å²) in [6.45, 7) is 4.87. The highest BCUT2D eigenvalue weighted by Crippen LogP contribution is 2.28. The van der Waals surface area contributed by atoms with Crippen molar-refractivity contribution in [3.63, 3.8) is 0 Å². The average Bonchev–Trinajstić information content (AvgIpc) is 2.83. The molecule has 0 spiro atoms. The van der Waals surface area contributed by atoms with E-state index in [9.17, 15) is 9.59 Å². The smallest absolute Gasteiger partial charge is 0.227 e. The van der Waals surface area contributed by atoms with Gasteiger partial charge in [0.05, 0.1) is 5.92 Å². The van der Waals surface area contributed by atoms with Crippen molar-refractivity contribution in [2.45, 2.75) is 32.7 Å². The molecule has 0 radical (unpaired) electrons. The Bertz CT molecular complexity index is 575. The maximum absolute atomic E-state index is 12.2. The van der Waals surface area contributed by atoms with Gasteiger partial charge in [-0.25, -0.2) is 0 Å². The van der Waals surface area contributed by atoms with Crippen LogP contribution < -0.4 is 16.0 Å². The quantitative estimate of drug-likeness (QED) is 0.834. The van der Waals surface area contributed by atoms with Crippen molar-refractivity contribution < 1.29 is 9.59 Å². The molecule has 2 atom stereocenters. The van der Waals surface area contributed by atoms with Crippen LogP contribution in [0.1, 0.15) is 25.3 Å². The molecular formula is C16H22BrN3O2. The van der Waals surface area contributed by atoms with E-state index in [4.69, 9.17) is 5.73 Å². The second kappa shape index (κ2) is 7.24. The van der Waals surface area contributed by atoms with Gasteiger partial charge >= 0.3 is 0 Å². The third kappa shape index (κ3) is 4.08. The molecule has 1 heterocycles. The minimum absolute atomic E-state index is 0.00550. The molecule has 22 heavy (non-hydrogen) atoms. The third-order valence-corrected chi connectivity index (χ3v) is 4.74. The molecule has 0 saturated carbocycles. The summed E-state index contributed by atoms with van der Waals surface area (Å²) in [4.78, 5) is 26.0. The first-order valence-corrected chi connectivity index (χ1v) is 8.27. The molecule has 1 saturated heterocycles. The Morgan fingerprint density at radius 1 is 1.55 bits per heavy atom. The van der Waals surface area contributed by atoms with E-state index in [2.05, 4.69) is 21.2 Å². The highest BCUT2D eigenvalue weighted by atomic mass is 79.9. The van der Waals surface area contributed by atoms with Crippen LogP contribution in [0.4, 0.5) is 5.69 Å². The molecule has 0 bridgehead atoms. The Balaban J connectivity index is 1.98. The van der Waals surface area contributed by atoms with Gasteiger partial charge < -0.3 is 16.0 Å². The summed E-state index contributed by atoms with van der Waals surface area (Å²) in [5.41, 5.74) is 7.57. The van der Waals surface area contributed by atoms with Crippen LogP contribution in [-0.2, 0) is 9.59 Å². The molecule has 1 fully saturated rings. The van der Waals surface area contributed by atoms with Crippen LogP contribution in [0.15, 0.2) is 22.7 Å². The van der Waals surface area contributed by atoms with Gasteiger partial charge in [-0.05, 0) is 44.0 Å². The van der Waals surface area contributed by atoms with Gasteiger partial charge in [0.15, 0.2) is 0 Å². The van der Waals surface area contributed by atoms with Gasteiger partial charge in [-0.15, -0.1) is 0 Å². The predicted molar refractivity (Wildman–Crippen MR) is 90.6 cm³/mol. The minimum atomic E-state index is -0.287. The second-order valence-corrected chi connectivity index (χ2v) is 6.75. The minimum Gasteiger partial charge on any atom is -0.356 e. The standard InChI is InChI=1S/C16H22BrN3O2/c1-10-7-13(3-4-14(10)17)20-9-12(8-15(20)21)16(22)19-6-5-11(2)18/h3-4,7,11-12H,5-6,8-9,18H2,1-2H3,(H,19,22). The lowest BCUT2D eigenvalue weighted by molar-refractivity contribution is -0.126. The van der Waals surface area contributed by atoms with Crippen molar-refractivity contribution in [2.24, 2.45) is 11.7 Å². The van der Waals surface area contributed by atoms with Crippen molar-refractivity contribution in [2.75, 3.05) is 18.0 Å². The number of rotatable bonds is 5. The molecule has 2 unspecified atom stereocenters. The van der Waals surface area contributed by atoms with Crippen LogP contribution in [-0.4, -0.2) is 30.9 Å². The molecule has 0 aromatic heterocycles. The molecular weight excluding hydrogens is 346 g/mol. The van der Waals surface area contributed by atoms with Crippen molar-refractivity contribution in [3.05, 3.63) is 28.2 Å². The van der Waals surface area contributed by atoms with Gasteiger partial charge in [0.1, 0.15) is 0 Å². The Labute approximate surface area is 139 Å². The number of amides is 2. The van der Waals surface area contributed by atoms with Gasteiger partial charge in [0.2, 0.25) is 11.8 Å². The van der Waals surface area contributed by atoms with E-state index in [0.717, 1.165) is 22.1 Å². The third-order valence-electron chi connectivity index (χ3n) is 3.85. The molecule has 1 aliphatic rings. The highest BCUT2D eigenvalue weighted by molar-refractivity contribution is 9.10. The van der Waals surface area contributed by atoms with Crippen LogP contribution >= 0.6 is 15.9 Å². The fourth-order valence-corrected chi connectivity index (χ4v) is 2.74. The maximum Gasteiger partial charge on any atom is 0.227 e. The molecule has 2 amide bonds. The first kappa shape index (κ1) is 17.0. The van der Waals surface area contributed by atoms with Crippen molar-refractivity contribution in [1.29, 1.82) is 0 Å². The summed E-state index contributed by atoms with van der Waals surface area (Å²) in [5.74, 6) is -0.357. The maximum atomic E-state index is 12.2. The fraction of sp³-hybridized carbons (Fsp3) is 0.500. The lowest BCUT2D eigenvalue weighted by Gasteiger charge is -2.18. The topological polar surface area (TPSA) is 75.4 Å². The number of carbonyl (C=O) groups is 2. The number of benzene rings is 1. The Morgan fingerprint density at radius 3 is 2.91 bits per heavy atom. The average molecular weight is 368 g/mol. The Morgan fingerprint density at radius 2 is 2.27 bits per heavy atom. The molecule has 6 heteroatoms. The first-order chi connectivity index (χ1) is 10.4. The van der Waals surface area contributed by atoms with Crippen LogP contribution in [0, 0.1) is 12.8 Å². The second-order valence-electron chi connectivity index (χ2n) is 5.90. The van der Waals surface area contributed by atoms with Crippen molar-refractivity contribution >= 4 is 33.4 Å². The summed E-state index contributed by atoms with van der Waals surface area (Å²) in [6, 6.07) is 5.84. The van der Waals surface area contributed by atoms with E-state index >= 15 is 0 Å². The number of aryl methyl sites for hydroxylation is 1. The van der Waals surface area contributed by atoms with E-state index in [1.165, 1.54) is 0 Å². The molecule has 1 aromatic carbocycles. The highest BCUT2D eigenvalue weighted by Gasteiger charge is 2.35. The van der Waals surface area contributed by atoms with E-state index in [-0.39, 0.29) is 30.2 Å². The summed E-state index contributed by atoms with van der Waals surface area (Å²) in [6.07, 6.45) is 1.00. The van der Waals surface area contributed by atoms with Crippen LogP contribution in [0.5, 0.6) is 0 Å². The summed E-state index contributed by atoms with van der Waals surface area (Å²) < 4.78 is 1.01. The molecule has 2 rings (SSSR count). The Kier molecular flexibility index (Phi) is 5.58. The SMILES string of the molecule is Cc1cc(N2CC(C(=O)NCCC(C)N)CC2=O)ccc1Br. The zero-order valence-electron chi connectivity index (χ0n) is 12.9. The number of nitrogens with two attached hydrogens (primary N) is 1. The number of carbonyl (C=O) groups excluding carboxylic acids is 2. The molecule has 3 N–H and O–H groups in total. The molecule has 1 aromatic rings. The molecule has 1 aliphatic heterocycles. The monoisotopic (exact) mass is 367 g/mol.